The average molecular weight is 351 g/mol. The molecule has 1 atom stereocenters. The van der Waals surface area contributed by atoms with E-state index in [0.29, 0.717) is 6.54 Å². The maximum Gasteiger partial charge on any atom is 0.358 e. The fourth-order valence-corrected chi connectivity index (χ4v) is 3.66. The van der Waals surface area contributed by atoms with Crippen molar-refractivity contribution in [3.05, 3.63) is 28.6 Å². The molecule has 23 heavy (non-hydrogen) atoms. The Labute approximate surface area is 139 Å². The van der Waals surface area contributed by atoms with Gasteiger partial charge in [-0.05, 0) is 18.4 Å². The molecule has 1 aliphatic heterocycles. The van der Waals surface area contributed by atoms with E-state index < -0.39 is 24.0 Å². The fourth-order valence-electron chi connectivity index (χ4n) is 2.05. The number of aromatic nitrogens is 1. The predicted octanol–water partition coefficient (Wildman–Crippen LogP) is 1.97. The molecule has 3 amide bonds. The Morgan fingerprint density at radius 3 is 2.91 bits per heavy atom. The van der Waals surface area contributed by atoms with Crippen LogP contribution in [0.25, 0.3) is 9.88 Å². The third-order valence-corrected chi connectivity index (χ3v) is 5.08. The first kappa shape index (κ1) is 15.6. The molecule has 0 aromatic carbocycles. The first-order valence-electron chi connectivity index (χ1n) is 6.86. The van der Waals surface area contributed by atoms with Gasteiger partial charge >= 0.3 is 12.0 Å². The first-order chi connectivity index (χ1) is 11.1. The number of thiophene rings is 1. The second kappa shape index (κ2) is 6.47. The number of urea groups is 1. The molecule has 120 valence electrons. The highest BCUT2D eigenvalue weighted by Gasteiger charge is 2.32. The van der Waals surface area contributed by atoms with Crippen LogP contribution < -0.4 is 5.32 Å². The predicted molar refractivity (Wildman–Crippen MR) is 85.4 cm³/mol. The Bertz CT molecular complexity index is 741. The molecule has 1 N–H and O–H groups in total. The van der Waals surface area contributed by atoms with Gasteiger partial charge in [-0.25, -0.2) is 14.6 Å². The van der Waals surface area contributed by atoms with Crippen LogP contribution >= 0.6 is 22.7 Å². The summed E-state index contributed by atoms with van der Waals surface area (Å²) in [5.41, 5.74) is 0.156. The fraction of sp³-hybridized carbons (Fsp3) is 0.286. The molecule has 7 nitrogen and oxygen atoms in total. The van der Waals surface area contributed by atoms with Gasteiger partial charge in [0.05, 0.1) is 4.88 Å². The van der Waals surface area contributed by atoms with E-state index in [1.54, 1.807) is 5.38 Å². The summed E-state index contributed by atoms with van der Waals surface area (Å²) in [5.74, 6) is -1.22. The smallest absolute Gasteiger partial charge is 0.358 e. The lowest BCUT2D eigenvalue weighted by atomic mass is 10.3. The molecule has 1 unspecified atom stereocenters. The van der Waals surface area contributed by atoms with Gasteiger partial charge in [0.2, 0.25) is 0 Å². The van der Waals surface area contributed by atoms with Gasteiger partial charge in [0, 0.05) is 18.5 Å². The van der Waals surface area contributed by atoms with E-state index in [9.17, 15) is 14.4 Å². The maximum atomic E-state index is 12.1. The minimum Gasteiger partial charge on any atom is -0.448 e. The van der Waals surface area contributed by atoms with Crippen molar-refractivity contribution in [1.29, 1.82) is 0 Å². The minimum absolute atomic E-state index is 0.156. The van der Waals surface area contributed by atoms with Crippen LogP contribution in [0.15, 0.2) is 22.9 Å². The average Bonchev–Trinajstić information content (AvgIpc) is 3.26. The largest absolute Gasteiger partial charge is 0.448 e. The van der Waals surface area contributed by atoms with Crippen LogP contribution in [0, 0.1) is 0 Å². The number of rotatable bonds is 4. The number of ether oxygens (including phenoxy) is 1. The summed E-state index contributed by atoms with van der Waals surface area (Å²) in [6.45, 7) is 2.12. The molecular weight excluding hydrogens is 338 g/mol. The first-order valence-corrected chi connectivity index (χ1v) is 8.62. The van der Waals surface area contributed by atoms with Crippen molar-refractivity contribution >= 4 is 40.6 Å². The van der Waals surface area contributed by atoms with Crippen molar-refractivity contribution in [3.63, 3.8) is 0 Å². The van der Waals surface area contributed by atoms with Crippen molar-refractivity contribution in [2.24, 2.45) is 0 Å². The zero-order chi connectivity index (χ0) is 16.4. The molecular formula is C14H13N3O4S2. The highest BCUT2D eigenvalue weighted by molar-refractivity contribution is 7.20. The van der Waals surface area contributed by atoms with Crippen LogP contribution in [-0.2, 0) is 9.53 Å². The maximum absolute atomic E-state index is 12.1. The van der Waals surface area contributed by atoms with Gasteiger partial charge < -0.3 is 10.1 Å². The molecule has 0 saturated carbocycles. The Morgan fingerprint density at radius 2 is 2.26 bits per heavy atom. The number of hydrogen-bond donors (Lipinski definition) is 1. The second-order valence-electron chi connectivity index (χ2n) is 4.78. The van der Waals surface area contributed by atoms with Gasteiger partial charge in [-0.15, -0.1) is 22.7 Å². The standard InChI is InChI=1S/C14H13N3O4S2/c1-8(12(18)17-5-4-15-14(17)20)21-13(19)9-7-23-11(16-9)10-3-2-6-22-10/h2-3,6-8H,4-5H2,1H3,(H,15,20). The summed E-state index contributed by atoms with van der Waals surface area (Å²) in [6, 6.07) is 3.35. The normalized spacial score (nSPS) is 15.3. The van der Waals surface area contributed by atoms with Gasteiger partial charge in [0.1, 0.15) is 5.01 Å². The van der Waals surface area contributed by atoms with Crippen LogP contribution in [0.3, 0.4) is 0 Å². The third-order valence-electron chi connectivity index (χ3n) is 3.20. The summed E-state index contributed by atoms with van der Waals surface area (Å²) < 4.78 is 5.13. The lowest BCUT2D eigenvalue weighted by Gasteiger charge is -2.17. The number of amides is 3. The van der Waals surface area contributed by atoms with Gasteiger partial charge in [-0.2, -0.15) is 0 Å². The van der Waals surface area contributed by atoms with Crippen LogP contribution in [0.2, 0.25) is 0 Å². The van der Waals surface area contributed by atoms with Crippen LogP contribution in [-0.4, -0.2) is 47.0 Å². The van der Waals surface area contributed by atoms with E-state index >= 15 is 0 Å². The molecule has 2 aromatic rings. The number of imide groups is 1. The quantitative estimate of drug-likeness (QED) is 0.851. The zero-order valence-corrected chi connectivity index (χ0v) is 13.8. The lowest BCUT2D eigenvalue weighted by molar-refractivity contribution is -0.136. The van der Waals surface area contributed by atoms with E-state index in [4.69, 9.17) is 4.74 Å². The molecule has 1 fully saturated rings. The van der Waals surface area contributed by atoms with Crippen molar-refractivity contribution in [3.8, 4) is 9.88 Å². The van der Waals surface area contributed by atoms with Gasteiger partial charge in [0.15, 0.2) is 11.8 Å². The summed E-state index contributed by atoms with van der Waals surface area (Å²) in [4.78, 5) is 41.9. The van der Waals surface area contributed by atoms with Crippen molar-refractivity contribution in [1.82, 2.24) is 15.2 Å². The number of hydrogen-bond acceptors (Lipinski definition) is 7. The molecule has 1 aliphatic rings. The molecule has 9 heteroatoms. The summed E-state index contributed by atoms with van der Waals surface area (Å²) in [7, 11) is 0. The van der Waals surface area contributed by atoms with E-state index in [1.165, 1.54) is 29.6 Å². The lowest BCUT2D eigenvalue weighted by Crippen LogP contribution is -2.41. The molecule has 2 aromatic heterocycles. The Balaban J connectivity index is 1.64. The zero-order valence-electron chi connectivity index (χ0n) is 12.1. The number of thiazole rings is 1. The van der Waals surface area contributed by atoms with E-state index in [2.05, 4.69) is 10.3 Å². The van der Waals surface area contributed by atoms with Crippen LogP contribution in [0.1, 0.15) is 17.4 Å². The van der Waals surface area contributed by atoms with E-state index in [0.717, 1.165) is 14.8 Å². The van der Waals surface area contributed by atoms with Gasteiger partial charge in [-0.3, -0.25) is 9.69 Å². The topological polar surface area (TPSA) is 88.6 Å². The number of nitrogens with one attached hydrogen (secondary N) is 1. The van der Waals surface area contributed by atoms with Gasteiger partial charge in [0.25, 0.3) is 5.91 Å². The number of nitrogens with zero attached hydrogens (tertiary/aromatic N) is 2. The molecule has 0 radical (unpaired) electrons. The van der Waals surface area contributed by atoms with Crippen molar-refractivity contribution in [2.45, 2.75) is 13.0 Å². The summed E-state index contributed by atoms with van der Waals surface area (Å²) in [6.07, 6.45) is -1.04. The number of esters is 1. The Morgan fingerprint density at radius 1 is 1.43 bits per heavy atom. The SMILES string of the molecule is CC(OC(=O)c1csc(-c2cccs2)n1)C(=O)N1CCNC1=O. The third kappa shape index (κ3) is 3.25. The highest BCUT2D eigenvalue weighted by Crippen LogP contribution is 2.28. The molecule has 0 bridgehead atoms. The minimum atomic E-state index is -1.04. The van der Waals surface area contributed by atoms with E-state index in [1.807, 2.05) is 17.5 Å². The van der Waals surface area contributed by atoms with Gasteiger partial charge in [-0.1, -0.05) is 6.07 Å². The molecule has 1 saturated heterocycles. The van der Waals surface area contributed by atoms with Crippen molar-refractivity contribution in [2.75, 3.05) is 13.1 Å². The second-order valence-corrected chi connectivity index (χ2v) is 6.59. The Hall–Kier alpha value is -2.26. The Kier molecular flexibility index (Phi) is 4.39. The number of carbonyl (C=O) groups excluding carboxylic acids is 3. The number of carbonyl (C=O) groups is 3. The molecule has 3 heterocycles. The van der Waals surface area contributed by atoms with Crippen molar-refractivity contribution < 1.29 is 19.1 Å². The molecule has 0 aliphatic carbocycles. The molecule has 0 spiro atoms. The summed E-state index contributed by atoms with van der Waals surface area (Å²) in [5, 5.41) is 6.77. The molecule has 3 rings (SSSR count). The summed E-state index contributed by atoms with van der Waals surface area (Å²) >= 11 is 2.86. The van der Waals surface area contributed by atoms with E-state index in [-0.39, 0.29) is 12.2 Å². The van der Waals surface area contributed by atoms with Crippen LogP contribution in [0.5, 0.6) is 0 Å². The highest BCUT2D eigenvalue weighted by atomic mass is 32.1. The van der Waals surface area contributed by atoms with Crippen LogP contribution in [0.4, 0.5) is 4.79 Å². The monoisotopic (exact) mass is 351 g/mol.